The molecular weight excluding hydrogens is 390 g/mol. The SMILES string of the molecule is O=C(N[C@]1(c2ccccc2)CCN(CCN2CCCC2=O)C[C@H]1O)C1CCCCCC1. The molecule has 6 heteroatoms. The predicted molar refractivity (Wildman–Crippen MR) is 120 cm³/mol. The highest BCUT2D eigenvalue weighted by atomic mass is 16.3. The number of piperidine rings is 1. The van der Waals surface area contributed by atoms with Gasteiger partial charge in [0, 0.05) is 45.1 Å². The first-order valence-corrected chi connectivity index (χ1v) is 12.1. The summed E-state index contributed by atoms with van der Waals surface area (Å²) < 4.78 is 0. The number of aliphatic hydroxyl groups is 1. The van der Waals surface area contributed by atoms with Crippen molar-refractivity contribution >= 4 is 11.8 Å². The molecule has 31 heavy (non-hydrogen) atoms. The normalized spacial score (nSPS) is 28.5. The van der Waals surface area contributed by atoms with Crippen molar-refractivity contribution < 1.29 is 14.7 Å². The van der Waals surface area contributed by atoms with E-state index in [-0.39, 0.29) is 17.7 Å². The number of carbonyl (C=O) groups is 2. The summed E-state index contributed by atoms with van der Waals surface area (Å²) in [4.78, 5) is 29.3. The Bertz CT molecular complexity index is 748. The van der Waals surface area contributed by atoms with E-state index in [1.165, 1.54) is 12.8 Å². The van der Waals surface area contributed by atoms with E-state index in [9.17, 15) is 14.7 Å². The fourth-order valence-corrected chi connectivity index (χ4v) is 5.55. The number of β-amino-alcohol motifs (C(OH)–C–C–N with tert-alkyl or cyclic N) is 1. The Hall–Kier alpha value is -1.92. The highest BCUT2D eigenvalue weighted by Crippen LogP contribution is 2.35. The lowest BCUT2D eigenvalue weighted by atomic mass is 9.78. The molecule has 1 aromatic rings. The van der Waals surface area contributed by atoms with Crippen LogP contribution in [0.5, 0.6) is 0 Å². The lowest BCUT2D eigenvalue weighted by Gasteiger charge is -2.47. The summed E-state index contributed by atoms with van der Waals surface area (Å²) in [5.74, 6) is 0.391. The van der Waals surface area contributed by atoms with Crippen molar-refractivity contribution in [3.8, 4) is 0 Å². The fourth-order valence-electron chi connectivity index (χ4n) is 5.55. The Morgan fingerprint density at radius 2 is 1.77 bits per heavy atom. The first-order chi connectivity index (χ1) is 15.1. The molecule has 0 spiro atoms. The summed E-state index contributed by atoms with van der Waals surface area (Å²) in [5.41, 5.74) is 0.240. The molecule has 1 saturated carbocycles. The zero-order chi connectivity index (χ0) is 21.7. The quantitative estimate of drug-likeness (QED) is 0.685. The van der Waals surface area contributed by atoms with Crippen molar-refractivity contribution in [2.75, 3.05) is 32.7 Å². The largest absolute Gasteiger partial charge is 0.389 e. The van der Waals surface area contributed by atoms with E-state index in [1.54, 1.807) is 0 Å². The van der Waals surface area contributed by atoms with E-state index >= 15 is 0 Å². The number of nitrogens with one attached hydrogen (secondary N) is 1. The highest BCUT2D eigenvalue weighted by Gasteiger charge is 2.45. The van der Waals surface area contributed by atoms with E-state index in [0.717, 1.165) is 63.8 Å². The Morgan fingerprint density at radius 3 is 2.42 bits per heavy atom. The summed E-state index contributed by atoms with van der Waals surface area (Å²) >= 11 is 0. The number of hydrogen-bond acceptors (Lipinski definition) is 4. The smallest absolute Gasteiger partial charge is 0.223 e. The second-order valence-electron chi connectivity index (χ2n) is 9.57. The Labute approximate surface area is 186 Å². The Balaban J connectivity index is 1.45. The maximum absolute atomic E-state index is 13.3. The van der Waals surface area contributed by atoms with Crippen molar-refractivity contribution in [2.45, 2.75) is 69.4 Å². The van der Waals surface area contributed by atoms with Gasteiger partial charge in [-0.3, -0.25) is 14.5 Å². The summed E-state index contributed by atoms with van der Waals surface area (Å²) in [7, 11) is 0. The van der Waals surface area contributed by atoms with Gasteiger partial charge in [-0.15, -0.1) is 0 Å². The van der Waals surface area contributed by atoms with Gasteiger partial charge in [0.25, 0.3) is 0 Å². The van der Waals surface area contributed by atoms with Crippen LogP contribution in [-0.2, 0) is 15.1 Å². The molecule has 0 aromatic heterocycles. The van der Waals surface area contributed by atoms with Gasteiger partial charge in [-0.05, 0) is 31.2 Å². The summed E-state index contributed by atoms with van der Waals surface area (Å²) in [6, 6.07) is 9.98. The van der Waals surface area contributed by atoms with Crippen molar-refractivity contribution in [1.29, 1.82) is 0 Å². The van der Waals surface area contributed by atoms with E-state index in [2.05, 4.69) is 10.2 Å². The van der Waals surface area contributed by atoms with Crippen LogP contribution in [0.4, 0.5) is 0 Å². The molecule has 170 valence electrons. The minimum absolute atomic E-state index is 0.0505. The zero-order valence-electron chi connectivity index (χ0n) is 18.6. The number of amides is 2. The lowest BCUT2D eigenvalue weighted by molar-refractivity contribution is -0.132. The molecular formula is C25H37N3O3. The molecule has 3 aliphatic rings. The van der Waals surface area contributed by atoms with Gasteiger partial charge < -0.3 is 15.3 Å². The topological polar surface area (TPSA) is 72.9 Å². The molecule has 3 fully saturated rings. The molecule has 1 aliphatic carbocycles. The standard InChI is InChI=1S/C25H37N3O3/c29-22-19-27(17-18-28-15-8-13-23(28)30)16-14-25(22,21-11-6-3-7-12-21)26-24(31)20-9-4-1-2-5-10-20/h3,6-7,11-12,20,22,29H,1-2,4-5,8-10,13-19H2,(H,26,31)/t22-,25+/m1/s1. The van der Waals surface area contributed by atoms with Crippen LogP contribution in [0, 0.1) is 5.92 Å². The second kappa shape index (κ2) is 10.1. The van der Waals surface area contributed by atoms with Crippen molar-refractivity contribution in [3.63, 3.8) is 0 Å². The van der Waals surface area contributed by atoms with Crippen LogP contribution >= 0.6 is 0 Å². The third-order valence-electron chi connectivity index (χ3n) is 7.54. The molecule has 0 unspecified atom stereocenters. The molecule has 2 saturated heterocycles. The van der Waals surface area contributed by atoms with Crippen LogP contribution in [-0.4, -0.2) is 65.5 Å². The number of carbonyl (C=O) groups excluding carboxylic acids is 2. The number of aliphatic hydroxyl groups excluding tert-OH is 1. The average Bonchev–Trinajstić information content (AvgIpc) is 3.01. The molecule has 0 bridgehead atoms. The van der Waals surface area contributed by atoms with Crippen LogP contribution < -0.4 is 5.32 Å². The van der Waals surface area contributed by atoms with Gasteiger partial charge in [-0.1, -0.05) is 56.0 Å². The third-order valence-corrected chi connectivity index (χ3v) is 7.54. The molecule has 0 radical (unpaired) electrons. The fraction of sp³-hybridized carbons (Fsp3) is 0.680. The molecule has 2 heterocycles. The van der Waals surface area contributed by atoms with E-state index in [0.29, 0.717) is 19.4 Å². The Kier molecular flexibility index (Phi) is 7.28. The van der Waals surface area contributed by atoms with Crippen molar-refractivity contribution in [3.05, 3.63) is 35.9 Å². The van der Waals surface area contributed by atoms with E-state index in [1.807, 2.05) is 35.2 Å². The molecule has 4 rings (SSSR count). The lowest BCUT2D eigenvalue weighted by Crippen LogP contribution is -2.63. The minimum atomic E-state index is -0.745. The molecule has 6 nitrogen and oxygen atoms in total. The number of nitrogens with zero attached hydrogens (tertiary/aromatic N) is 2. The van der Waals surface area contributed by atoms with Crippen LogP contribution in [0.3, 0.4) is 0 Å². The summed E-state index contributed by atoms with van der Waals surface area (Å²) in [5, 5.41) is 14.7. The van der Waals surface area contributed by atoms with Crippen LogP contribution in [0.2, 0.25) is 0 Å². The molecule has 2 amide bonds. The molecule has 2 atom stereocenters. The highest BCUT2D eigenvalue weighted by molar-refractivity contribution is 5.80. The van der Waals surface area contributed by atoms with Gasteiger partial charge in [0.2, 0.25) is 11.8 Å². The van der Waals surface area contributed by atoms with Gasteiger partial charge in [0.05, 0.1) is 11.6 Å². The van der Waals surface area contributed by atoms with Gasteiger partial charge in [0.1, 0.15) is 0 Å². The number of likely N-dealkylation sites (tertiary alicyclic amines) is 2. The summed E-state index contributed by atoms with van der Waals surface area (Å²) in [6.07, 6.45) is 8.14. The first kappa shape index (κ1) is 22.3. The average molecular weight is 428 g/mol. The Morgan fingerprint density at radius 1 is 1.03 bits per heavy atom. The van der Waals surface area contributed by atoms with E-state index in [4.69, 9.17) is 0 Å². The van der Waals surface area contributed by atoms with Gasteiger partial charge in [-0.2, -0.15) is 0 Å². The second-order valence-corrected chi connectivity index (χ2v) is 9.57. The maximum Gasteiger partial charge on any atom is 0.223 e. The van der Waals surface area contributed by atoms with E-state index < -0.39 is 11.6 Å². The van der Waals surface area contributed by atoms with Gasteiger partial charge in [0.15, 0.2) is 0 Å². The summed E-state index contributed by atoms with van der Waals surface area (Å²) in [6.45, 7) is 3.63. The van der Waals surface area contributed by atoms with Crippen molar-refractivity contribution in [2.24, 2.45) is 5.92 Å². The van der Waals surface area contributed by atoms with Crippen LogP contribution in [0.15, 0.2) is 30.3 Å². The number of rotatable bonds is 6. The minimum Gasteiger partial charge on any atom is -0.389 e. The third kappa shape index (κ3) is 5.12. The molecule has 2 N–H and O–H groups in total. The molecule has 2 aliphatic heterocycles. The van der Waals surface area contributed by atoms with Crippen LogP contribution in [0.25, 0.3) is 0 Å². The molecule has 1 aromatic carbocycles. The van der Waals surface area contributed by atoms with Crippen LogP contribution in [0.1, 0.15) is 63.4 Å². The maximum atomic E-state index is 13.3. The number of benzene rings is 1. The monoisotopic (exact) mass is 427 g/mol. The zero-order valence-corrected chi connectivity index (χ0v) is 18.6. The predicted octanol–water partition coefficient (Wildman–Crippen LogP) is 2.66. The van der Waals surface area contributed by atoms with Gasteiger partial charge >= 0.3 is 0 Å². The number of hydrogen-bond donors (Lipinski definition) is 2. The first-order valence-electron chi connectivity index (χ1n) is 12.1. The van der Waals surface area contributed by atoms with Crippen molar-refractivity contribution in [1.82, 2.24) is 15.1 Å². The van der Waals surface area contributed by atoms with Gasteiger partial charge in [-0.25, -0.2) is 0 Å².